The molecule has 1 aromatic rings. The van der Waals surface area contributed by atoms with Crippen LogP contribution >= 0.6 is 0 Å². The molecular weight excluding hydrogens is 302 g/mol. The third-order valence-electron chi connectivity index (χ3n) is 4.54. The van der Waals surface area contributed by atoms with Gasteiger partial charge >= 0.3 is 0 Å². The van der Waals surface area contributed by atoms with Crippen LogP contribution in [-0.4, -0.2) is 40.5 Å². The minimum atomic E-state index is -3.21. The van der Waals surface area contributed by atoms with Crippen molar-refractivity contribution in [2.45, 2.75) is 31.2 Å². The molecule has 1 aliphatic carbocycles. The van der Waals surface area contributed by atoms with Crippen molar-refractivity contribution >= 4 is 10.0 Å². The molecule has 6 heteroatoms. The normalized spacial score (nSPS) is 28.3. The predicted octanol–water partition coefficient (Wildman–Crippen LogP) is 1.90. The minimum Gasteiger partial charge on any atom is -0.496 e. The van der Waals surface area contributed by atoms with E-state index in [4.69, 9.17) is 9.47 Å². The van der Waals surface area contributed by atoms with Crippen molar-refractivity contribution in [2.75, 3.05) is 26.1 Å². The number of hydrogen-bond acceptors (Lipinski definition) is 4. The lowest BCUT2D eigenvalue weighted by atomic mass is 9.76. The summed E-state index contributed by atoms with van der Waals surface area (Å²) in [7, 11) is -1.54. The Bertz CT molecular complexity index is 604. The summed E-state index contributed by atoms with van der Waals surface area (Å²) in [5.41, 5.74) is 1.17. The third-order valence-corrected chi connectivity index (χ3v) is 6.14. The van der Waals surface area contributed by atoms with Crippen LogP contribution in [0.5, 0.6) is 5.75 Å². The highest BCUT2D eigenvalue weighted by atomic mass is 32.2. The van der Waals surface area contributed by atoms with Crippen LogP contribution in [0.2, 0.25) is 0 Å². The van der Waals surface area contributed by atoms with E-state index in [0.717, 1.165) is 25.0 Å². The molecule has 1 heterocycles. The van der Waals surface area contributed by atoms with Crippen LogP contribution in [-0.2, 0) is 14.8 Å². The second-order valence-corrected chi connectivity index (χ2v) is 8.03. The minimum absolute atomic E-state index is 0.0437. The van der Waals surface area contributed by atoms with E-state index in [-0.39, 0.29) is 17.7 Å². The van der Waals surface area contributed by atoms with Gasteiger partial charge in [-0.15, -0.1) is 0 Å². The van der Waals surface area contributed by atoms with E-state index in [1.54, 1.807) is 7.11 Å². The van der Waals surface area contributed by atoms with Gasteiger partial charge in [0.25, 0.3) is 0 Å². The zero-order valence-electron chi connectivity index (χ0n) is 12.8. The van der Waals surface area contributed by atoms with E-state index < -0.39 is 10.0 Å². The van der Waals surface area contributed by atoms with Crippen LogP contribution in [0.4, 0.5) is 0 Å². The van der Waals surface area contributed by atoms with E-state index in [2.05, 4.69) is 10.8 Å². The largest absolute Gasteiger partial charge is 0.496 e. The number of para-hydroxylation sites is 1. The van der Waals surface area contributed by atoms with E-state index >= 15 is 0 Å². The van der Waals surface area contributed by atoms with Crippen molar-refractivity contribution in [2.24, 2.45) is 5.92 Å². The summed E-state index contributed by atoms with van der Waals surface area (Å²) in [6.45, 7) is 1.24. The Kier molecular flexibility index (Phi) is 4.70. The highest BCUT2D eigenvalue weighted by Gasteiger charge is 2.35. The fraction of sp³-hybridized carbons (Fsp3) is 0.625. The van der Waals surface area contributed by atoms with Gasteiger partial charge < -0.3 is 9.47 Å². The Morgan fingerprint density at radius 2 is 2.09 bits per heavy atom. The Morgan fingerprint density at radius 1 is 1.32 bits per heavy atom. The molecule has 22 heavy (non-hydrogen) atoms. The highest BCUT2D eigenvalue weighted by molar-refractivity contribution is 7.89. The molecule has 0 bridgehead atoms. The predicted molar refractivity (Wildman–Crippen MR) is 84.6 cm³/mol. The van der Waals surface area contributed by atoms with Gasteiger partial charge in [0.2, 0.25) is 10.0 Å². The average molecular weight is 325 g/mol. The molecule has 1 unspecified atom stereocenters. The molecule has 1 aromatic carbocycles. The maximum absolute atomic E-state index is 12.2. The smallest absolute Gasteiger partial charge is 0.212 e. The monoisotopic (exact) mass is 325 g/mol. The molecule has 0 aromatic heterocycles. The first-order chi connectivity index (χ1) is 10.6. The molecule has 1 saturated carbocycles. The van der Waals surface area contributed by atoms with Crippen molar-refractivity contribution in [3.8, 4) is 5.75 Å². The summed E-state index contributed by atoms with van der Waals surface area (Å²) in [6, 6.07) is 8.00. The first-order valence-corrected chi connectivity index (χ1v) is 9.43. The second kappa shape index (κ2) is 6.56. The number of ether oxygens (including phenoxy) is 2. The highest BCUT2D eigenvalue weighted by Crippen LogP contribution is 2.41. The van der Waals surface area contributed by atoms with E-state index in [1.165, 1.54) is 5.56 Å². The standard InChI is InChI=1S/C16H23NO4S/c1-20-16-5-3-2-4-15(16)13-8-14(9-13)17-22(18,19)11-12-6-7-21-10-12/h2-5,12-14,17H,6-11H2,1H3. The molecule has 0 amide bonds. The lowest BCUT2D eigenvalue weighted by molar-refractivity contribution is 0.188. The molecular formula is C16H23NO4S. The zero-order chi connectivity index (χ0) is 15.6. The fourth-order valence-corrected chi connectivity index (χ4v) is 4.98. The third kappa shape index (κ3) is 3.62. The molecule has 1 saturated heterocycles. The molecule has 1 atom stereocenters. The van der Waals surface area contributed by atoms with Gasteiger partial charge in [0.05, 0.1) is 19.5 Å². The van der Waals surface area contributed by atoms with Crippen molar-refractivity contribution in [1.82, 2.24) is 4.72 Å². The van der Waals surface area contributed by atoms with Crippen LogP contribution in [0.1, 0.15) is 30.7 Å². The molecule has 0 spiro atoms. The SMILES string of the molecule is COc1ccccc1C1CC(NS(=O)(=O)CC2CCOC2)C1. The molecule has 2 fully saturated rings. The first kappa shape index (κ1) is 15.8. The van der Waals surface area contributed by atoms with Gasteiger partial charge in [-0.25, -0.2) is 13.1 Å². The molecule has 1 aliphatic heterocycles. The Balaban J connectivity index is 1.52. The topological polar surface area (TPSA) is 64.6 Å². The lowest BCUT2D eigenvalue weighted by Gasteiger charge is -2.36. The van der Waals surface area contributed by atoms with Crippen LogP contribution in [0.3, 0.4) is 0 Å². The van der Waals surface area contributed by atoms with Crippen LogP contribution in [0, 0.1) is 5.92 Å². The van der Waals surface area contributed by atoms with Crippen molar-refractivity contribution < 1.29 is 17.9 Å². The first-order valence-electron chi connectivity index (χ1n) is 7.78. The summed E-state index contributed by atoms with van der Waals surface area (Å²) < 4.78 is 37.8. The van der Waals surface area contributed by atoms with Gasteiger partial charge in [-0.1, -0.05) is 18.2 Å². The Hall–Kier alpha value is -1.11. The van der Waals surface area contributed by atoms with E-state index in [9.17, 15) is 8.42 Å². The van der Waals surface area contributed by atoms with Crippen molar-refractivity contribution in [3.63, 3.8) is 0 Å². The molecule has 3 rings (SSSR count). The summed E-state index contributed by atoms with van der Waals surface area (Å²) in [4.78, 5) is 0. The van der Waals surface area contributed by atoms with Gasteiger partial charge in [-0.2, -0.15) is 0 Å². The molecule has 5 nitrogen and oxygen atoms in total. The van der Waals surface area contributed by atoms with Gasteiger partial charge in [0, 0.05) is 12.6 Å². The Morgan fingerprint density at radius 3 is 2.77 bits per heavy atom. The van der Waals surface area contributed by atoms with E-state index in [0.29, 0.717) is 19.1 Å². The van der Waals surface area contributed by atoms with Gasteiger partial charge in [-0.3, -0.25) is 0 Å². The maximum Gasteiger partial charge on any atom is 0.212 e. The maximum atomic E-state index is 12.2. The van der Waals surface area contributed by atoms with Crippen molar-refractivity contribution in [3.05, 3.63) is 29.8 Å². The van der Waals surface area contributed by atoms with Crippen LogP contribution in [0.15, 0.2) is 24.3 Å². The molecule has 2 aliphatic rings. The summed E-state index contributed by atoms with van der Waals surface area (Å²) in [5, 5.41) is 0. The number of rotatable bonds is 6. The fourth-order valence-electron chi connectivity index (χ4n) is 3.30. The lowest BCUT2D eigenvalue weighted by Crippen LogP contribution is -2.45. The summed E-state index contributed by atoms with van der Waals surface area (Å²) >= 11 is 0. The van der Waals surface area contributed by atoms with Crippen LogP contribution in [0.25, 0.3) is 0 Å². The second-order valence-electron chi connectivity index (χ2n) is 6.24. The van der Waals surface area contributed by atoms with E-state index in [1.807, 2.05) is 18.2 Å². The number of nitrogens with one attached hydrogen (secondary N) is 1. The quantitative estimate of drug-likeness (QED) is 0.867. The number of methoxy groups -OCH3 is 1. The number of sulfonamides is 1. The zero-order valence-corrected chi connectivity index (χ0v) is 13.6. The number of benzene rings is 1. The number of hydrogen-bond donors (Lipinski definition) is 1. The summed E-state index contributed by atoms with van der Waals surface area (Å²) in [5.74, 6) is 1.58. The van der Waals surface area contributed by atoms with Crippen LogP contribution < -0.4 is 9.46 Å². The van der Waals surface area contributed by atoms with Gasteiger partial charge in [0.15, 0.2) is 0 Å². The van der Waals surface area contributed by atoms with Gasteiger partial charge in [0.1, 0.15) is 5.75 Å². The van der Waals surface area contributed by atoms with Gasteiger partial charge in [-0.05, 0) is 42.7 Å². The van der Waals surface area contributed by atoms with Crippen molar-refractivity contribution in [1.29, 1.82) is 0 Å². The Labute approximate surface area is 132 Å². The molecule has 122 valence electrons. The molecule has 0 radical (unpaired) electrons. The average Bonchev–Trinajstić information content (AvgIpc) is 2.94. The summed E-state index contributed by atoms with van der Waals surface area (Å²) in [6.07, 6.45) is 2.51. The molecule has 1 N–H and O–H groups in total.